The Morgan fingerprint density at radius 3 is 3.04 bits per heavy atom. The lowest BCUT2D eigenvalue weighted by atomic mass is 9.92. The Morgan fingerprint density at radius 1 is 1.38 bits per heavy atom. The lowest BCUT2D eigenvalue weighted by Gasteiger charge is -2.34. The zero-order chi connectivity index (χ0) is 16.5. The van der Waals surface area contributed by atoms with Crippen LogP contribution in [0.3, 0.4) is 0 Å². The number of carbonyl (C=O) groups is 1. The van der Waals surface area contributed by atoms with E-state index in [1.807, 2.05) is 46.0 Å². The highest BCUT2D eigenvalue weighted by atomic mass is 32.1. The third-order valence-electron chi connectivity index (χ3n) is 4.24. The largest absolute Gasteiger partial charge is 0.368 e. The number of amides is 1. The quantitative estimate of drug-likeness (QED) is 0.788. The van der Waals surface area contributed by atoms with Crippen LogP contribution in [0.1, 0.15) is 23.1 Å². The monoisotopic (exact) mass is 340 g/mol. The van der Waals surface area contributed by atoms with E-state index in [9.17, 15) is 4.79 Å². The van der Waals surface area contributed by atoms with Gasteiger partial charge in [0.2, 0.25) is 17.6 Å². The van der Waals surface area contributed by atoms with Gasteiger partial charge in [0.05, 0.1) is 6.54 Å². The molecule has 0 aliphatic carbocycles. The summed E-state index contributed by atoms with van der Waals surface area (Å²) in [5.41, 5.74) is 8.73. The minimum atomic E-state index is -0.466. The van der Waals surface area contributed by atoms with Crippen LogP contribution in [0.15, 0.2) is 45.6 Å². The maximum atomic E-state index is 12.0. The van der Waals surface area contributed by atoms with Crippen LogP contribution in [-0.2, 0) is 17.8 Å². The number of hydrogen-bond donors (Lipinski definition) is 1. The number of nitrogens with two attached hydrogens (primary N) is 1. The first-order valence-corrected chi connectivity index (χ1v) is 8.63. The van der Waals surface area contributed by atoms with Gasteiger partial charge in [0, 0.05) is 17.5 Å². The van der Waals surface area contributed by atoms with Crippen LogP contribution in [0, 0.1) is 0 Å². The van der Waals surface area contributed by atoms with Crippen molar-refractivity contribution in [3.63, 3.8) is 0 Å². The van der Waals surface area contributed by atoms with E-state index in [0.717, 1.165) is 24.1 Å². The van der Waals surface area contributed by atoms with E-state index >= 15 is 0 Å². The highest BCUT2D eigenvalue weighted by Gasteiger charge is 2.32. The van der Waals surface area contributed by atoms with Gasteiger partial charge in [0.15, 0.2) is 0 Å². The Kier molecular flexibility index (Phi) is 3.87. The topological polar surface area (TPSA) is 85.3 Å². The molecule has 0 saturated carbocycles. The minimum Gasteiger partial charge on any atom is -0.368 e. The molecule has 7 heteroatoms. The van der Waals surface area contributed by atoms with Crippen molar-refractivity contribution in [1.29, 1.82) is 0 Å². The van der Waals surface area contributed by atoms with E-state index in [4.69, 9.17) is 10.3 Å². The molecule has 1 amide bonds. The first-order chi connectivity index (χ1) is 11.7. The minimum absolute atomic E-state index is 0.361. The fourth-order valence-electron chi connectivity index (χ4n) is 3.12. The van der Waals surface area contributed by atoms with Crippen molar-refractivity contribution < 1.29 is 9.32 Å². The third kappa shape index (κ3) is 2.72. The first kappa shape index (κ1) is 15.0. The summed E-state index contributed by atoms with van der Waals surface area (Å²) in [6.45, 7) is 1.12. The number of nitrogens with zero attached hydrogens (tertiary/aromatic N) is 3. The number of hydrogen-bond acceptors (Lipinski definition) is 6. The molecular weight excluding hydrogens is 324 g/mol. The number of fused-ring (bicyclic) bond motifs is 1. The third-order valence-corrected chi connectivity index (χ3v) is 4.92. The molecule has 1 atom stereocenters. The number of aromatic nitrogens is 2. The van der Waals surface area contributed by atoms with Gasteiger partial charge in [0.25, 0.3) is 0 Å². The second-order valence-corrected chi connectivity index (χ2v) is 6.53. The van der Waals surface area contributed by atoms with Crippen LogP contribution in [0.2, 0.25) is 0 Å². The van der Waals surface area contributed by atoms with E-state index in [1.165, 1.54) is 5.56 Å². The summed E-state index contributed by atoms with van der Waals surface area (Å²) in [6, 6.07) is 9.40. The Hall–Kier alpha value is -2.51. The molecule has 1 aliphatic rings. The molecule has 2 aromatic heterocycles. The van der Waals surface area contributed by atoms with E-state index in [-0.39, 0.29) is 5.91 Å². The summed E-state index contributed by atoms with van der Waals surface area (Å²) in [7, 11) is 0. The molecule has 0 spiro atoms. The van der Waals surface area contributed by atoms with Gasteiger partial charge in [-0.15, -0.1) is 0 Å². The molecule has 4 rings (SSSR count). The predicted octanol–water partition coefficient (Wildman–Crippen LogP) is 2.38. The second-order valence-electron chi connectivity index (χ2n) is 5.75. The molecule has 0 unspecified atom stereocenters. The van der Waals surface area contributed by atoms with Crippen molar-refractivity contribution in [3.05, 3.63) is 58.1 Å². The lowest BCUT2D eigenvalue weighted by molar-refractivity contribution is -0.124. The molecule has 1 aliphatic heterocycles. The van der Waals surface area contributed by atoms with Gasteiger partial charge in [-0.25, -0.2) is 0 Å². The SMILES string of the molecule is NC(=O)[C@H]1c2ccccc2CCN1Cc1nc(-c2ccsc2)no1. The molecule has 1 aromatic carbocycles. The van der Waals surface area contributed by atoms with Crippen molar-refractivity contribution in [2.75, 3.05) is 6.54 Å². The van der Waals surface area contributed by atoms with Gasteiger partial charge in [-0.3, -0.25) is 9.69 Å². The summed E-state index contributed by atoms with van der Waals surface area (Å²) in [5.74, 6) is 0.695. The summed E-state index contributed by atoms with van der Waals surface area (Å²) in [6.07, 6.45) is 0.867. The Bertz CT molecular complexity index is 859. The summed E-state index contributed by atoms with van der Waals surface area (Å²) in [5, 5.41) is 7.95. The molecule has 0 radical (unpaired) electrons. The fraction of sp³-hybridized carbons (Fsp3) is 0.235. The molecule has 3 heterocycles. The number of benzene rings is 1. The maximum absolute atomic E-state index is 12.0. The molecular formula is C17H16N4O2S. The van der Waals surface area contributed by atoms with Crippen LogP contribution in [0.4, 0.5) is 0 Å². The fourth-order valence-corrected chi connectivity index (χ4v) is 3.76. The van der Waals surface area contributed by atoms with Crippen molar-refractivity contribution in [2.24, 2.45) is 5.73 Å². The molecule has 0 bridgehead atoms. The van der Waals surface area contributed by atoms with Crippen molar-refractivity contribution in [1.82, 2.24) is 15.0 Å². The van der Waals surface area contributed by atoms with E-state index < -0.39 is 6.04 Å². The summed E-state index contributed by atoms with van der Waals surface area (Å²) >= 11 is 1.58. The lowest BCUT2D eigenvalue weighted by Crippen LogP contribution is -2.42. The average molecular weight is 340 g/mol. The van der Waals surface area contributed by atoms with E-state index in [1.54, 1.807) is 11.3 Å². The van der Waals surface area contributed by atoms with Crippen molar-refractivity contribution in [3.8, 4) is 11.4 Å². The average Bonchev–Trinajstić information content (AvgIpc) is 3.25. The smallest absolute Gasteiger partial charge is 0.241 e. The highest BCUT2D eigenvalue weighted by molar-refractivity contribution is 7.08. The number of rotatable bonds is 4. The maximum Gasteiger partial charge on any atom is 0.241 e. The van der Waals surface area contributed by atoms with Crippen LogP contribution < -0.4 is 5.73 Å². The Balaban J connectivity index is 1.59. The van der Waals surface area contributed by atoms with Crippen molar-refractivity contribution >= 4 is 17.2 Å². The summed E-state index contributed by atoms with van der Waals surface area (Å²) in [4.78, 5) is 18.5. The van der Waals surface area contributed by atoms with Crippen molar-refractivity contribution in [2.45, 2.75) is 19.0 Å². The molecule has 122 valence electrons. The molecule has 3 aromatic rings. The van der Waals surface area contributed by atoms with Crippen LogP contribution in [-0.4, -0.2) is 27.5 Å². The Morgan fingerprint density at radius 2 is 2.25 bits per heavy atom. The van der Waals surface area contributed by atoms with E-state index in [2.05, 4.69) is 10.1 Å². The molecule has 0 saturated heterocycles. The van der Waals surface area contributed by atoms with Gasteiger partial charge in [-0.05, 0) is 29.0 Å². The molecule has 6 nitrogen and oxygen atoms in total. The molecule has 0 fully saturated rings. The van der Waals surface area contributed by atoms with Gasteiger partial charge >= 0.3 is 0 Å². The number of thiophene rings is 1. The Labute approximate surface area is 142 Å². The predicted molar refractivity (Wildman–Crippen MR) is 90.1 cm³/mol. The van der Waals surface area contributed by atoms with Gasteiger partial charge in [-0.1, -0.05) is 29.4 Å². The summed E-state index contributed by atoms with van der Waals surface area (Å²) < 4.78 is 5.36. The van der Waals surface area contributed by atoms with Crippen LogP contribution in [0.25, 0.3) is 11.4 Å². The number of primary amides is 1. The van der Waals surface area contributed by atoms with Crippen LogP contribution in [0.5, 0.6) is 0 Å². The second kappa shape index (κ2) is 6.18. The molecule has 2 N–H and O–H groups in total. The highest BCUT2D eigenvalue weighted by Crippen LogP contribution is 2.30. The first-order valence-electron chi connectivity index (χ1n) is 7.68. The van der Waals surface area contributed by atoms with E-state index in [0.29, 0.717) is 18.3 Å². The zero-order valence-electron chi connectivity index (χ0n) is 12.9. The van der Waals surface area contributed by atoms with Gasteiger partial charge in [-0.2, -0.15) is 16.3 Å². The zero-order valence-corrected chi connectivity index (χ0v) is 13.7. The number of carbonyl (C=O) groups excluding carboxylic acids is 1. The van der Waals surface area contributed by atoms with Gasteiger partial charge in [0.1, 0.15) is 6.04 Å². The van der Waals surface area contributed by atoms with Gasteiger partial charge < -0.3 is 10.3 Å². The van der Waals surface area contributed by atoms with Crippen LogP contribution >= 0.6 is 11.3 Å². The standard InChI is InChI=1S/C17H16N4O2S/c18-16(22)15-13-4-2-1-3-11(13)5-7-21(15)9-14-19-17(20-23-14)12-6-8-24-10-12/h1-4,6,8,10,15H,5,7,9H2,(H2,18,22)/t15-/m1/s1. The normalized spacial score (nSPS) is 17.6. The molecule has 24 heavy (non-hydrogen) atoms.